The molecule has 5 nitrogen and oxygen atoms in total. The van der Waals surface area contributed by atoms with E-state index in [9.17, 15) is 14.4 Å². The molecule has 0 aromatic heterocycles. The van der Waals surface area contributed by atoms with Crippen LogP contribution in [0.2, 0.25) is 0 Å². The largest absolute Gasteiger partial charge is 0.426 e. The molecule has 27 heavy (non-hydrogen) atoms. The Balaban J connectivity index is 1.85. The van der Waals surface area contributed by atoms with Crippen LogP contribution in [0.15, 0.2) is 46.9 Å². The van der Waals surface area contributed by atoms with E-state index in [0.29, 0.717) is 17.9 Å². The van der Waals surface area contributed by atoms with Gasteiger partial charge in [-0.1, -0.05) is 40.5 Å². The number of hydrogen-bond donors (Lipinski definition) is 0. The predicted molar refractivity (Wildman–Crippen MR) is 103 cm³/mol. The molecular formula is C21H18BrNO4. The second kappa shape index (κ2) is 6.60. The highest BCUT2D eigenvalue weighted by Crippen LogP contribution is 2.48. The first kappa shape index (κ1) is 17.9. The van der Waals surface area contributed by atoms with Crippen LogP contribution in [0.1, 0.15) is 30.4 Å². The minimum atomic E-state index is -1.02. The summed E-state index contributed by atoms with van der Waals surface area (Å²) in [6.45, 7) is 3.84. The van der Waals surface area contributed by atoms with E-state index >= 15 is 0 Å². The minimum Gasteiger partial charge on any atom is -0.426 e. The van der Waals surface area contributed by atoms with Crippen molar-refractivity contribution in [3.05, 3.63) is 58.1 Å². The second-order valence-electron chi connectivity index (χ2n) is 6.97. The van der Waals surface area contributed by atoms with Gasteiger partial charge in [0.05, 0.1) is 5.69 Å². The van der Waals surface area contributed by atoms with Gasteiger partial charge in [0, 0.05) is 21.9 Å². The van der Waals surface area contributed by atoms with Crippen molar-refractivity contribution in [3.8, 4) is 5.75 Å². The van der Waals surface area contributed by atoms with E-state index in [4.69, 9.17) is 4.74 Å². The van der Waals surface area contributed by atoms with Gasteiger partial charge in [0.2, 0.25) is 11.8 Å². The van der Waals surface area contributed by atoms with Crippen molar-refractivity contribution in [1.82, 2.24) is 0 Å². The van der Waals surface area contributed by atoms with Crippen molar-refractivity contribution >= 4 is 39.4 Å². The van der Waals surface area contributed by atoms with Crippen molar-refractivity contribution in [3.63, 3.8) is 0 Å². The molecule has 0 aliphatic carbocycles. The third kappa shape index (κ3) is 2.79. The first-order valence-corrected chi connectivity index (χ1v) is 9.67. The molecule has 0 radical (unpaired) electrons. The molecular weight excluding hydrogens is 410 g/mol. The normalized spacial score (nSPS) is 24.3. The van der Waals surface area contributed by atoms with E-state index in [1.165, 1.54) is 0 Å². The van der Waals surface area contributed by atoms with E-state index in [-0.39, 0.29) is 5.91 Å². The van der Waals surface area contributed by atoms with Crippen LogP contribution in [0, 0.1) is 18.8 Å². The Kier molecular flexibility index (Phi) is 4.38. The highest BCUT2D eigenvalue weighted by atomic mass is 79.9. The van der Waals surface area contributed by atoms with Gasteiger partial charge < -0.3 is 4.74 Å². The van der Waals surface area contributed by atoms with Crippen LogP contribution >= 0.6 is 15.9 Å². The monoisotopic (exact) mass is 427 g/mol. The number of anilines is 1. The average molecular weight is 428 g/mol. The van der Waals surface area contributed by atoms with Gasteiger partial charge in [0.15, 0.2) is 0 Å². The summed E-state index contributed by atoms with van der Waals surface area (Å²) in [6.07, 6.45) is 0.523. The number of ether oxygens (including phenoxy) is 1. The van der Waals surface area contributed by atoms with Crippen LogP contribution in [0.5, 0.6) is 5.75 Å². The number of nitrogens with zero attached hydrogens (tertiary/aromatic N) is 1. The van der Waals surface area contributed by atoms with Gasteiger partial charge in [0.1, 0.15) is 11.7 Å². The maximum Gasteiger partial charge on any atom is 0.324 e. The smallest absolute Gasteiger partial charge is 0.324 e. The minimum absolute atomic E-state index is 0.270. The molecule has 0 unspecified atom stereocenters. The number of carbonyl (C=O) groups excluding carboxylic acids is 3. The lowest BCUT2D eigenvalue weighted by molar-refractivity contribution is -0.151. The first-order chi connectivity index (χ1) is 12.9. The quantitative estimate of drug-likeness (QED) is 0.314. The lowest BCUT2D eigenvalue weighted by Crippen LogP contribution is -2.57. The zero-order valence-electron chi connectivity index (χ0n) is 14.9. The fourth-order valence-electron chi connectivity index (χ4n) is 4.02. The Morgan fingerprint density at radius 3 is 2.41 bits per heavy atom. The lowest BCUT2D eigenvalue weighted by Gasteiger charge is -2.43. The van der Waals surface area contributed by atoms with Crippen molar-refractivity contribution in [1.29, 1.82) is 0 Å². The molecule has 2 amide bonds. The topological polar surface area (TPSA) is 63.7 Å². The number of esters is 1. The number of rotatable bonds is 2. The fraction of sp³-hybridized carbons (Fsp3) is 0.286. The maximum atomic E-state index is 13.2. The Morgan fingerprint density at radius 2 is 1.74 bits per heavy atom. The summed E-state index contributed by atoms with van der Waals surface area (Å²) in [5.74, 6) is -2.96. The molecule has 0 spiro atoms. The summed E-state index contributed by atoms with van der Waals surface area (Å²) < 4.78 is 6.25. The fourth-order valence-corrected chi connectivity index (χ4v) is 4.40. The number of piperidine rings is 1. The van der Waals surface area contributed by atoms with Gasteiger partial charge in [-0.15, -0.1) is 0 Å². The number of halogens is 1. The number of aryl methyl sites for hydroxylation is 1. The summed E-state index contributed by atoms with van der Waals surface area (Å²) in [4.78, 5) is 40.3. The molecule has 1 saturated heterocycles. The summed E-state index contributed by atoms with van der Waals surface area (Å²) in [6, 6.07) is 12.5. The van der Waals surface area contributed by atoms with Gasteiger partial charge >= 0.3 is 5.97 Å². The summed E-state index contributed by atoms with van der Waals surface area (Å²) >= 11 is 3.43. The van der Waals surface area contributed by atoms with Gasteiger partial charge in [-0.05, 0) is 43.7 Å². The van der Waals surface area contributed by atoms with Crippen molar-refractivity contribution in [2.45, 2.75) is 26.2 Å². The van der Waals surface area contributed by atoms with Crippen LogP contribution in [0.4, 0.5) is 5.69 Å². The van der Waals surface area contributed by atoms with Crippen LogP contribution in [0.25, 0.3) is 0 Å². The number of fused-ring (bicyclic) bond motifs is 3. The van der Waals surface area contributed by atoms with Gasteiger partial charge in [-0.3, -0.25) is 14.4 Å². The van der Waals surface area contributed by atoms with Gasteiger partial charge in [0.25, 0.3) is 0 Å². The van der Waals surface area contributed by atoms with E-state index in [1.807, 2.05) is 32.0 Å². The maximum absolute atomic E-state index is 13.2. The molecule has 0 bridgehead atoms. The highest BCUT2D eigenvalue weighted by Gasteiger charge is 2.55. The molecule has 2 heterocycles. The molecule has 1 fully saturated rings. The molecule has 3 atom stereocenters. The van der Waals surface area contributed by atoms with Gasteiger partial charge in [-0.25, -0.2) is 4.90 Å². The number of amides is 2. The highest BCUT2D eigenvalue weighted by molar-refractivity contribution is 9.10. The molecule has 138 valence electrons. The van der Waals surface area contributed by atoms with E-state index in [0.717, 1.165) is 20.5 Å². The molecule has 2 aliphatic rings. The summed E-state index contributed by atoms with van der Waals surface area (Å²) in [5.41, 5.74) is 2.24. The lowest BCUT2D eigenvalue weighted by atomic mass is 9.70. The van der Waals surface area contributed by atoms with Crippen LogP contribution < -0.4 is 9.64 Å². The third-order valence-electron chi connectivity index (χ3n) is 5.34. The third-order valence-corrected chi connectivity index (χ3v) is 5.84. The van der Waals surface area contributed by atoms with Crippen molar-refractivity contribution < 1.29 is 19.1 Å². The zero-order valence-corrected chi connectivity index (χ0v) is 16.5. The summed E-state index contributed by atoms with van der Waals surface area (Å²) in [7, 11) is 0. The van der Waals surface area contributed by atoms with Crippen LogP contribution in [0.3, 0.4) is 0 Å². The van der Waals surface area contributed by atoms with Crippen LogP contribution in [-0.4, -0.2) is 17.8 Å². The average Bonchev–Trinajstić information content (AvgIpc) is 2.64. The number of benzene rings is 2. The molecule has 2 aromatic rings. The molecule has 2 aliphatic heterocycles. The van der Waals surface area contributed by atoms with Crippen molar-refractivity contribution in [2.24, 2.45) is 11.8 Å². The molecule has 6 heteroatoms. The van der Waals surface area contributed by atoms with E-state index in [1.54, 1.807) is 24.3 Å². The molecule has 0 N–H and O–H groups in total. The SMILES string of the molecule is CC[C@H]1C(=O)N(c2ccc(C)cc2)C(=O)[C@H]2C(=O)Oc3ccc(Br)cc3[C@@H]21. The summed E-state index contributed by atoms with van der Waals surface area (Å²) in [5, 5.41) is 0. The Hall–Kier alpha value is -2.47. The second-order valence-corrected chi connectivity index (χ2v) is 7.88. The predicted octanol–water partition coefficient (Wildman–Crippen LogP) is 3.98. The number of hydrogen-bond acceptors (Lipinski definition) is 4. The number of imide groups is 1. The Labute approximate surface area is 165 Å². The van der Waals surface area contributed by atoms with Gasteiger partial charge in [-0.2, -0.15) is 0 Å². The Bertz CT molecular complexity index is 953. The van der Waals surface area contributed by atoms with E-state index in [2.05, 4.69) is 15.9 Å². The number of carbonyl (C=O) groups is 3. The zero-order chi connectivity index (χ0) is 19.3. The molecule has 2 aromatic carbocycles. The van der Waals surface area contributed by atoms with Crippen LogP contribution in [-0.2, 0) is 14.4 Å². The molecule has 4 rings (SSSR count). The molecule has 0 saturated carbocycles. The van der Waals surface area contributed by atoms with E-state index < -0.39 is 29.6 Å². The Morgan fingerprint density at radius 1 is 1.04 bits per heavy atom. The standard InChI is InChI=1S/C21H18BrNO4/c1-3-14-17-15-10-12(22)6-9-16(15)27-21(26)18(17)20(25)23(19(14)24)13-7-4-11(2)5-8-13/h4-10,14,17-18H,3H2,1-2H3/t14-,17+,18+/m1/s1. The first-order valence-electron chi connectivity index (χ1n) is 8.88. The van der Waals surface area contributed by atoms with Crippen molar-refractivity contribution in [2.75, 3.05) is 4.90 Å².